The molecule has 8 nitrogen and oxygen atoms in total. The van der Waals surface area contributed by atoms with E-state index < -0.39 is 17.9 Å². The van der Waals surface area contributed by atoms with Gasteiger partial charge in [-0.25, -0.2) is 9.59 Å². The first-order valence-corrected chi connectivity index (χ1v) is 11.1. The van der Waals surface area contributed by atoms with Crippen molar-refractivity contribution < 1.29 is 23.5 Å². The SMILES string of the molecule is COC(=O)c1ccc(CN2C(=O)N/C(=C\c3cn(Cc4ccc(Cl)cc4)c4ccccc34)C2=O)o1. The number of urea groups is 1. The summed E-state index contributed by atoms with van der Waals surface area (Å²) < 4.78 is 12.1. The van der Waals surface area contributed by atoms with Crippen LogP contribution in [0.25, 0.3) is 17.0 Å². The molecule has 1 aliphatic heterocycles. The number of para-hydroxylation sites is 1. The van der Waals surface area contributed by atoms with E-state index in [1.54, 1.807) is 6.08 Å². The summed E-state index contributed by atoms with van der Waals surface area (Å²) in [4.78, 5) is 38.2. The van der Waals surface area contributed by atoms with E-state index in [9.17, 15) is 14.4 Å². The summed E-state index contributed by atoms with van der Waals surface area (Å²) in [5.41, 5.74) is 3.03. The van der Waals surface area contributed by atoms with Crippen LogP contribution in [0, 0.1) is 0 Å². The highest BCUT2D eigenvalue weighted by Gasteiger charge is 2.34. The molecule has 0 atom stereocenters. The maximum atomic E-state index is 13.0. The molecule has 3 amide bonds. The fraction of sp³-hybridized carbons (Fsp3) is 0.115. The largest absolute Gasteiger partial charge is 0.463 e. The van der Waals surface area contributed by atoms with E-state index in [1.165, 1.54) is 19.2 Å². The number of aromatic nitrogens is 1. The first kappa shape index (κ1) is 22.5. The van der Waals surface area contributed by atoms with Crippen LogP contribution in [-0.4, -0.2) is 34.5 Å². The van der Waals surface area contributed by atoms with Gasteiger partial charge in [-0.3, -0.25) is 9.69 Å². The molecule has 35 heavy (non-hydrogen) atoms. The van der Waals surface area contributed by atoms with E-state index >= 15 is 0 Å². The summed E-state index contributed by atoms with van der Waals surface area (Å²) in [7, 11) is 1.24. The van der Waals surface area contributed by atoms with Crippen LogP contribution in [0.1, 0.15) is 27.4 Å². The average Bonchev–Trinajstić information content (AvgIpc) is 3.54. The second kappa shape index (κ2) is 9.15. The molecule has 176 valence electrons. The zero-order chi connectivity index (χ0) is 24.5. The third-order valence-corrected chi connectivity index (χ3v) is 5.96. The van der Waals surface area contributed by atoms with Crippen molar-refractivity contribution in [2.24, 2.45) is 0 Å². The lowest BCUT2D eigenvalue weighted by Crippen LogP contribution is -2.30. The molecular weight excluding hydrogens is 470 g/mol. The van der Waals surface area contributed by atoms with E-state index in [0.717, 1.165) is 26.9 Å². The van der Waals surface area contributed by atoms with E-state index in [0.29, 0.717) is 11.6 Å². The summed E-state index contributed by atoms with van der Waals surface area (Å²) >= 11 is 6.01. The molecule has 0 aliphatic carbocycles. The number of furan rings is 1. The van der Waals surface area contributed by atoms with E-state index in [2.05, 4.69) is 14.6 Å². The van der Waals surface area contributed by atoms with Crippen molar-refractivity contribution in [3.63, 3.8) is 0 Å². The number of benzene rings is 2. The quantitative estimate of drug-likeness (QED) is 0.238. The molecule has 5 rings (SSSR count). The van der Waals surface area contributed by atoms with Crippen molar-refractivity contribution in [1.29, 1.82) is 0 Å². The van der Waals surface area contributed by atoms with Crippen LogP contribution in [0.2, 0.25) is 5.02 Å². The molecule has 3 heterocycles. The second-order valence-corrected chi connectivity index (χ2v) is 8.43. The number of methoxy groups -OCH3 is 1. The molecule has 0 radical (unpaired) electrons. The smallest absolute Gasteiger partial charge is 0.373 e. The molecule has 0 saturated carbocycles. The number of hydrogen-bond donors (Lipinski definition) is 1. The van der Waals surface area contributed by atoms with Crippen LogP contribution in [0.4, 0.5) is 4.79 Å². The minimum Gasteiger partial charge on any atom is -0.463 e. The Morgan fingerprint density at radius 3 is 2.60 bits per heavy atom. The Balaban J connectivity index is 1.41. The van der Waals surface area contributed by atoms with Crippen LogP contribution in [0.5, 0.6) is 0 Å². The minimum atomic E-state index is -0.635. The van der Waals surface area contributed by atoms with Crippen LogP contribution in [-0.2, 0) is 22.6 Å². The molecule has 0 unspecified atom stereocenters. The molecule has 1 saturated heterocycles. The molecule has 2 aromatic heterocycles. The summed E-state index contributed by atoms with van der Waals surface area (Å²) in [5, 5.41) is 4.26. The Bertz CT molecular complexity index is 1480. The first-order valence-electron chi connectivity index (χ1n) is 10.8. The van der Waals surface area contributed by atoms with Gasteiger partial charge in [0.15, 0.2) is 0 Å². The number of amides is 3. The molecule has 1 N–H and O–H groups in total. The van der Waals surface area contributed by atoms with Gasteiger partial charge in [-0.2, -0.15) is 0 Å². The highest BCUT2D eigenvalue weighted by atomic mass is 35.5. The van der Waals surface area contributed by atoms with Gasteiger partial charge in [0, 0.05) is 34.2 Å². The third kappa shape index (κ3) is 4.43. The van der Waals surface area contributed by atoms with Crippen molar-refractivity contribution >= 4 is 46.5 Å². The maximum absolute atomic E-state index is 13.0. The summed E-state index contributed by atoms with van der Waals surface area (Å²) in [6.45, 7) is 0.506. The number of esters is 1. The van der Waals surface area contributed by atoms with Crippen LogP contribution < -0.4 is 5.32 Å². The zero-order valence-corrected chi connectivity index (χ0v) is 19.4. The summed E-state index contributed by atoms with van der Waals surface area (Å²) in [6, 6.07) is 17.9. The predicted octanol–water partition coefficient (Wildman–Crippen LogP) is 4.82. The van der Waals surface area contributed by atoms with Crippen molar-refractivity contribution in [2.75, 3.05) is 7.11 Å². The number of carbonyl (C=O) groups excluding carboxylic acids is 3. The number of nitrogens with one attached hydrogen (secondary N) is 1. The number of fused-ring (bicyclic) bond motifs is 1. The fourth-order valence-electron chi connectivity index (χ4n) is 4.01. The Kier molecular flexibility index (Phi) is 5.88. The van der Waals surface area contributed by atoms with Gasteiger partial charge in [-0.1, -0.05) is 41.9 Å². The van der Waals surface area contributed by atoms with Crippen molar-refractivity contribution in [2.45, 2.75) is 13.1 Å². The Morgan fingerprint density at radius 1 is 1.06 bits per heavy atom. The molecule has 9 heteroatoms. The van der Waals surface area contributed by atoms with Crippen molar-refractivity contribution in [3.8, 4) is 0 Å². The number of hydrogen-bond acceptors (Lipinski definition) is 5. The monoisotopic (exact) mass is 489 g/mol. The normalized spacial score (nSPS) is 14.7. The number of halogens is 1. The van der Waals surface area contributed by atoms with Crippen molar-refractivity contribution in [3.05, 3.63) is 100 Å². The van der Waals surface area contributed by atoms with Crippen LogP contribution >= 0.6 is 11.6 Å². The van der Waals surface area contributed by atoms with Crippen LogP contribution in [0.3, 0.4) is 0 Å². The fourth-order valence-corrected chi connectivity index (χ4v) is 4.13. The number of carbonyl (C=O) groups is 3. The summed E-state index contributed by atoms with van der Waals surface area (Å²) in [5.74, 6) is -0.835. The van der Waals surface area contributed by atoms with Crippen LogP contribution in [0.15, 0.2) is 77.0 Å². The van der Waals surface area contributed by atoms with Gasteiger partial charge in [-0.15, -0.1) is 0 Å². The lowest BCUT2D eigenvalue weighted by molar-refractivity contribution is -0.123. The topological polar surface area (TPSA) is 93.8 Å². The van der Waals surface area contributed by atoms with Gasteiger partial charge < -0.3 is 19.0 Å². The van der Waals surface area contributed by atoms with Gasteiger partial charge in [0.05, 0.1) is 13.7 Å². The average molecular weight is 490 g/mol. The highest BCUT2D eigenvalue weighted by Crippen LogP contribution is 2.26. The first-order chi connectivity index (χ1) is 16.9. The van der Waals surface area contributed by atoms with Crippen molar-refractivity contribution in [1.82, 2.24) is 14.8 Å². The number of nitrogens with zero attached hydrogens (tertiary/aromatic N) is 2. The molecule has 1 fully saturated rings. The lowest BCUT2D eigenvalue weighted by atomic mass is 10.1. The molecule has 1 aliphatic rings. The molecule has 0 bridgehead atoms. The molecule has 2 aromatic carbocycles. The number of imide groups is 1. The molecule has 4 aromatic rings. The van der Waals surface area contributed by atoms with E-state index in [4.69, 9.17) is 16.0 Å². The minimum absolute atomic E-state index is 0.00110. The van der Waals surface area contributed by atoms with Gasteiger partial charge in [-0.05, 0) is 42.0 Å². The highest BCUT2D eigenvalue weighted by molar-refractivity contribution is 6.30. The lowest BCUT2D eigenvalue weighted by Gasteiger charge is -2.09. The van der Waals surface area contributed by atoms with E-state index in [-0.39, 0.29) is 23.8 Å². The number of ether oxygens (including phenoxy) is 1. The molecular formula is C26H20ClN3O5. The second-order valence-electron chi connectivity index (χ2n) is 7.99. The summed E-state index contributed by atoms with van der Waals surface area (Å²) in [6.07, 6.45) is 3.62. The zero-order valence-electron chi connectivity index (χ0n) is 18.7. The Labute approximate surface area is 205 Å². The van der Waals surface area contributed by atoms with E-state index in [1.807, 2.05) is 54.7 Å². The van der Waals surface area contributed by atoms with Gasteiger partial charge in [0.25, 0.3) is 5.91 Å². The Hall–Kier alpha value is -4.30. The predicted molar refractivity (Wildman–Crippen MR) is 130 cm³/mol. The van der Waals surface area contributed by atoms with Gasteiger partial charge in [0.1, 0.15) is 11.5 Å². The third-order valence-electron chi connectivity index (χ3n) is 5.71. The Morgan fingerprint density at radius 2 is 1.83 bits per heavy atom. The maximum Gasteiger partial charge on any atom is 0.373 e. The standard InChI is InChI=1S/C26H20ClN3O5/c1-34-25(32)23-11-10-19(35-23)15-30-24(31)21(28-26(30)33)12-17-14-29(22-5-3-2-4-20(17)22)13-16-6-8-18(27)9-7-16/h2-12,14H,13,15H2,1H3,(H,28,33)/b21-12-. The molecule has 0 spiro atoms. The van der Waals surface area contributed by atoms with Gasteiger partial charge in [0.2, 0.25) is 5.76 Å². The van der Waals surface area contributed by atoms with Gasteiger partial charge >= 0.3 is 12.0 Å². The number of rotatable bonds is 6.